The van der Waals surface area contributed by atoms with Crippen LogP contribution in [0.1, 0.15) is 27.7 Å². The molecule has 0 radical (unpaired) electrons. The minimum Gasteiger partial charge on any atom is -0.0588 e. The molecule has 0 bridgehead atoms. The molecule has 0 N–H and O–H groups in total. The lowest BCUT2D eigenvalue weighted by atomic mass is 10.0. The first-order valence-electron chi connectivity index (χ1n) is 4.32. The van der Waals surface area contributed by atoms with Gasteiger partial charge in [0.15, 0.2) is 0 Å². The molecule has 0 amide bonds. The number of allylic oxidation sites excluding steroid dienone is 8. The van der Waals surface area contributed by atoms with Gasteiger partial charge in [-0.1, -0.05) is 24.3 Å². The van der Waals surface area contributed by atoms with Crippen LogP contribution in [0.5, 0.6) is 0 Å². The molecule has 0 spiro atoms. The third-order valence-electron chi connectivity index (χ3n) is 2.41. The van der Waals surface area contributed by atoms with E-state index in [9.17, 15) is 0 Å². The van der Waals surface area contributed by atoms with Crippen molar-refractivity contribution in [2.24, 2.45) is 0 Å². The lowest BCUT2D eigenvalue weighted by molar-refractivity contribution is 1.31. The van der Waals surface area contributed by atoms with E-state index in [0.29, 0.717) is 0 Å². The minimum absolute atomic E-state index is 1.35. The number of rotatable bonds is 0. The maximum absolute atomic E-state index is 2.18. The highest BCUT2D eigenvalue weighted by molar-refractivity contribution is 5.41. The van der Waals surface area contributed by atoms with E-state index < -0.39 is 0 Å². The van der Waals surface area contributed by atoms with E-state index in [1.54, 1.807) is 0 Å². The van der Waals surface area contributed by atoms with Crippen molar-refractivity contribution < 1.29 is 0 Å². The zero-order valence-electron chi connectivity index (χ0n) is 8.31. The van der Waals surface area contributed by atoms with Crippen LogP contribution in [0.15, 0.2) is 46.6 Å². The van der Waals surface area contributed by atoms with Crippen LogP contribution < -0.4 is 0 Å². The molecule has 0 saturated heterocycles. The zero-order chi connectivity index (χ0) is 9.14. The fourth-order valence-corrected chi connectivity index (χ4v) is 1.03. The summed E-state index contributed by atoms with van der Waals surface area (Å²) in [5, 5.41) is 0. The van der Waals surface area contributed by atoms with E-state index in [-0.39, 0.29) is 0 Å². The molecule has 0 heterocycles. The van der Waals surface area contributed by atoms with Crippen molar-refractivity contribution in [1.82, 2.24) is 0 Å². The molecule has 0 atom stereocenters. The maximum atomic E-state index is 2.18. The van der Waals surface area contributed by atoms with Crippen molar-refractivity contribution in [3.05, 3.63) is 46.6 Å². The molecule has 0 fully saturated rings. The molecule has 0 saturated carbocycles. The van der Waals surface area contributed by atoms with Gasteiger partial charge >= 0.3 is 0 Å². The summed E-state index contributed by atoms with van der Waals surface area (Å²) in [4.78, 5) is 0. The van der Waals surface area contributed by atoms with Crippen molar-refractivity contribution in [1.29, 1.82) is 0 Å². The van der Waals surface area contributed by atoms with Gasteiger partial charge in [-0.2, -0.15) is 0 Å². The van der Waals surface area contributed by atoms with E-state index in [2.05, 4.69) is 52.0 Å². The molecule has 1 aliphatic carbocycles. The molecule has 64 valence electrons. The molecule has 0 heteroatoms. The van der Waals surface area contributed by atoms with Gasteiger partial charge < -0.3 is 0 Å². The van der Waals surface area contributed by atoms with E-state index in [4.69, 9.17) is 0 Å². The van der Waals surface area contributed by atoms with Crippen molar-refractivity contribution in [3.63, 3.8) is 0 Å². The summed E-state index contributed by atoms with van der Waals surface area (Å²) in [5.41, 5.74) is 5.38. The van der Waals surface area contributed by atoms with Crippen molar-refractivity contribution in [2.75, 3.05) is 0 Å². The summed E-state index contributed by atoms with van der Waals surface area (Å²) in [6.07, 6.45) is 8.71. The smallest absolute Gasteiger partial charge is 0.0395 e. The first kappa shape index (κ1) is 9.05. The van der Waals surface area contributed by atoms with Crippen molar-refractivity contribution in [2.45, 2.75) is 27.7 Å². The molecule has 0 aromatic rings. The summed E-state index contributed by atoms with van der Waals surface area (Å²) in [5.74, 6) is 0. The Morgan fingerprint density at radius 2 is 0.667 bits per heavy atom. The molecular weight excluding hydrogens is 144 g/mol. The van der Waals surface area contributed by atoms with Crippen LogP contribution in [0.25, 0.3) is 0 Å². The van der Waals surface area contributed by atoms with E-state index in [0.717, 1.165) is 0 Å². The fourth-order valence-electron chi connectivity index (χ4n) is 1.03. The van der Waals surface area contributed by atoms with Gasteiger partial charge in [0, 0.05) is 0 Å². The molecule has 0 unspecified atom stereocenters. The lowest BCUT2D eigenvalue weighted by Gasteiger charge is -2.04. The Bertz CT molecular complexity index is 236. The van der Waals surface area contributed by atoms with E-state index >= 15 is 0 Å². The van der Waals surface area contributed by atoms with E-state index in [1.807, 2.05) is 0 Å². The highest BCUT2D eigenvalue weighted by atomic mass is 14.0. The highest BCUT2D eigenvalue weighted by Crippen LogP contribution is 2.15. The van der Waals surface area contributed by atoms with Crippen LogP contribution in [-0.2, 0) is 0 Å². The largest absolute Gasteiger partial charge is 0.0588 e. The average molecular weight is 160 g/mol. The molecule has 12 heavy (non-hydrogen) atoms. The average Bonchev–Trinajstić information content (AvgIpc) is 2.07. The van der Waals surface area contributed by atoms with Gasteiger partial charge in [-0.3, -0.25) is 0 Å². The van der Waals surface area contributed by atoms with Crippen LogP contribution in [0.4, 0.5) is 0 Å². The predicted octanol–water partition coefficient (Wildman–Crippen LogP) is 3.79. The first-order valence-corrected chi connectivity index (χ1v) is 4.32. The fraction of sp³-hybridized carbons (Fsp3) is 0.333. The Morgan fingerprint density at radius 3 is 0.833 bits per heavy atom. The number of hydrogen-bond acceptors (Lipinski definition) is 0. The first-order chi connectivity index (χ1) is 5.61. The minimum atomic E-state index is 1.35. The molecule has 1 aliphatic rings. The Labute approximate surface area is 75.0 Å². The lowest BCUT2D eigenvalue weighted by Crippen LogP contribution is -1.83. The Hall–Kier alpha value is -1.04. The second kappa shape index (κ2) is 3.57. The monoisotopic (exact) mass is 160 g/mol. The quantitative estimate of drug-likeness (QED) is 0.506. The highest BCUT2D eigenvalue weighted by Gasteiger charge is 1.95. The van der Waals surface area contributed by atoms with Gasteiger partial charge in [0.1, 0.15) is 0 Å². The predicted molar refractivity (Wildman–Crippen MR) is 55.0 cm³/mol. The molecule has 0 aromatic heterocycles. The summed E-state index contributed by atoms with van der Waals surface area (Å²) in [6, 6.07) is 0. The van der Waals surface area contributed by atoms with Crippen LogP contribution in [-0.4, -0.2) is 0 Å². The van der Waals surface area contributed by atoms with Crippen LogP contribution in [0.2, 0.25) is 0 Å². The summed E-state index contributed by atoms with van der Waals surface area (Å²) < 4.78 is 0. The van der Waals surface area contributed by atoms with Gasteiger partial charge in [-0.05, 0) is 50.0 Å². The van der Waals surface area contributed by atoms with Crippen LogP contribution in [0, 0.1) is 0 Å². The Balaban J connectivity index is 3.09. The normalized spacial score (nSPS) is 18.3. The van der Waals surface area contributed by atoms with Gasteiger partial charge in [0.25, 0.3) is 0 Å². The molecule has 0 aromatic carbocycles. The van der Waals surface area contributed by atoms with Crippen molar-refractivity contribution >= 4 is 0 Å². The molecule has 0 nitrogen and oxygen atoms in total. The second-order valence-electron chi connectivity index (χ2n) is 3.40. The van der Waals surface area contributed by atoms with Crippen molar-refractivity contribution in [3.8, 4) is 0 Å². The van der Waals surface area contributed by atoms with Crippen LogP contribution in [0.3, 0.4) is 0 Å². The maximum Gasteiger partial charge on any atom is -0.0395 e. The third kappa shape index (κ3) is 1.97. The third-order valence-corrected chi connectivity index (χ3v) is 2.41. The summed E-state index contributed by atoms with van der Waals surface area (Å²) in [6.45, 7) is 8.57. The van der Waals surface area contributed by atoms with Gasteiger partial charge in [0.2, 0.25) is 0 Å². The molecular formula is C12H16. The SMILES string of the molecule is CC1=C(C)C=CC(C)=C(C)C=C1. The Morgan fingerprint density at radius 1 is 0.500 bits per heavy atom. The van der Waals surface area contributed by atoms with Gasteiger partial charge in [-0.25, -0.2) is 0 Å². The van der Waals surface area contributed by atoms with Crippen LogP contribution >= 0.6 is 0 Å². The Kier molecular flexibility index (Phi) is 2.69. The van der Waals surface area contributed by atoms with E-state index in [1.165, 1.54) is 22.3 Å². The standard InChI is InChI=1S/C12H16/c1-9-5-6-11(3)12(4)8-7-10(9)2/h5-8H,1-4H3. The van der Waals surface area contributed by atoms with Gasteiger partial charge in [0.05, 0.1) is 0 Å². The topological polar surface area (TPSA) is 0 Å². The number of hydrogen-bond donors (Lipinski definition) is 0. The molecule has 1 rings (SSSR count). The summed E-state index contributed by atoms with van der Waals surface area (Å²) in [7, 11) is 0. The zero-order valence-corrected chi connectivity index (χ0v) is 8.31. The van der Waals surface area contributed by atoms with Gasteiger partial charge in [-0.15, -0.1) is 0 Å². The summed E-state index contributed by atoms with van der Waals surface area (Å²) >= 11 is 0. The second-order valence-corrected chi connectivity index (χ2v) is 3.40. The molecule has 0 aliphatic heterocycles.